The van der Waals surface area contributed by atoms with Crippen molar-refractivity contribution >= 4 is 6.72 Å². The van der Waals surface area contributed by atoms with Gasteiger partial charge in [-0.2, -0.15) is 0 Å². The zero-order valence-corrected chi connectivity index (χ0v) is 5.86. The van der Waals surface area contributed by atoms with Crippen LogP contribution < -0.4 is 0 Å². The van der Waals surface area contributed by atoms with E-state index in [-0.39, 0.29) is 0 Å². The van der Waals surface area contributed by atoms with Gasteiger partial charge in [0.2, 0.25) is 0 Å². The summed E-state index contributed by atoms with van der Waals surface area (Å²) in [6.45, 7) is 9.59. The maximum atomic E-state index is 3.79. The minimum atomic E-state index is 1.06. The molecule has 0 radical (unpaired) electrons. The molecular formula is C7H13N. The Kier molecular flexibility index (Phi) is 3.16. The van der Waals surface area contributed by atoms with Crippen molar-refractivity contribution in [2.75, 3.05) is 0 Å². The van der Waals surface area contributed by atoms with Crippen molar-refractivity contribution in [3.63, 3.8) is 0 Å². The molecule has 0 rings (SSSR count). The Hall–Kier alpha value is -0.590. The molecule has 8 heavy (non-hydrogen) atoms. The van der Waals surface area contributed by atoms with Gasteiger partial charge in [0.25, 0.3) is 0 Å². The number of hydrogen-bond donors (Lipinski definition) is 0. The molecule has 0 aromatic carbocycles. The van der Waals surface area contributed by atoms with Crippen LogP contribution in [0, 0.1) is 0 Å². The first-order valence-electron chi connectivity index (χ1n) is 2.85. The predicted molar refractivity (Wildman–Crippen MR) is 38.2 cm³/mol. The Morgan fingerprint density at radius 1 is 1.50 bits per heavy atom. The molecule has 0 amide bonds. The summed E-state index contributed by atoms with van der Waals surface area (Å²) < 4.78 is 0. The highest BCUT2D eigenvalue weighted by Crippen LogP contribution is 2.06. The lowest BCUT2D eigenvalue weighted by Gasteiger charge is -1.95. The van der Waals surface area contributed by atoms with Gasteiger partial charge in [0.1, 0.15) is 0 Å². The summed E-state index contributed by atoms with van der Waals surface area (Å²) in [6, 6.07) is 0. The summed E-state index contributed by atoms with van der Waals surface area (Å²) in [5.74, 6) is 0. The van der Waals surface area contributed by atoms with E-state index in [4.69, 9.17) is 0 Å². The lowest BCUT2D eigenvalue weighted by Crippen LogP contribution is -1.76. The molecule has 1 heteroatoms. The normalized spacial score (nSPS) is 12.9. The van der Waals surface area contributed by atoms with E-state index in [1.807, 2.05) is 6.92 Å². The molecule has 0 bridgehead atoms. The second kappa shape index (κ2) is 3.42. The highest BCUT2D eigenvalue weighted by Gasteiger charge is 1.86. The van der Waals surface area contributed by atoms with E-state index in [1.165, 1.54) is 5.57 Å². The summed E-state index contributed by atoms with van der Waals surface area (Å²) in [5, 5.41) is 0. The molecule has 0 fully saturated rings. The van der Waals surface area contributed by atoms with Gasteiger partial charge in [0.05, 0.1) is 0 Å². The van der Waals surface area contributed by atoms with Crippen LogP contribution in [0.2, 0.25) is 0 Å². The van der Waals surface area contributed by atoms with E-state index in [2.05, 4.69) is 25.6 Å². The third kappa shape index (κ3) is 1.92. The molecule has 0 aromatic rings. The summed E-state index contributed by atoms with van der Waals surface area (Å²) in [6.07, 6.45) is 1.07. The summed E-state index contributed by atoms with van der Waals surface area (Å²) in [7, 11) is 0. The Morgan fingerprint density at radius 2 is 2.00 bits per heavy atom. The zero-order chi connectivity index (χ0) is 6.57. The van der Waals surface area contributed by atoms with E-state index in [0.29, 0.717) is 0 Å². The van der Waals surface area contributed by atoms with Gasteiger partial charge in [-0.3, -0.25) is 4.99 Å². The van der Waals surface area contributed by atoms with Gasteiger partial charge in [-0.15, -0.1) is 0 Å². The van der Waals surface area contributed by atoms with E-state index in [9.17, 15) is 0 Å². The first-order chi connectivity index (χ1) is 3.72. The van der Waals surface area contributed by atoms with Crippen LogP contribution >= 0.6 is 0 Å². The number of aliphatic imine (C=N–C) groups is 1. The highest BCUT2D eigenvalue weighted by atomic mass is 14.7. The summed E-state index contributed by atoms with van der Waals surface area (Å²) in [5.41, 5.74) is 2.38. The Morgan fingerprint density at radius 3 is 2.12 bits per heavy atom. The first kappa shape index (κ1) is 7.41. The van der Waals surface area contributed by atoms with Crippen LogP contribution in [0.15, 0.2) is 16.3 Å². The monoisotopic (exact) mass is 111 g/mol. The van der Waals surface area contributed by atoms with Crippen molar-refractivity contribution in [2.45, 2.75) is 27.2 Å². The van der Waals surface area contributed by atoms with Gasteiger partial charge in [0, 0.05) is 5.70 Å². The maximum Gasteiger partial charge on any atom is 0.0354 e. The fourth-order valence-corrected chi connectivity index (χ4v) is 0.391. The molecule has 1 nitrogen and oxygen atoms in total. The number of rotatable bonds is 2. The van der Waals surface area contributed by atoms with E-state index < -0.39 is 0 Å². The van der Waals surface area contributed by atoms with Gasteiger partial charge in [-0.25, -0.2) is 0 Å². The van der Waals surface area contributed by atoms with Crippen molar-refractivity contribution in [1.82, 2.24) is 0 Å². The molecule has 0 heterocycles. The van der Waals surface area contributed by atoms with Crippen LogP contribution in [0.25, 0.3) is 0 Å². The molecule has 0 aliphatic carbocycles. The summed E-state index contributed by atoms with van der Waals surface area (Å²) in [4.78, 5) is 3.79. The van der Waals surface area contributed by atoms with E-state index in [0.717, 1.165) is 12.1 Å². The van der Waals surface area contributed by atoms with Gasteiger partial charge in [-0.1, -0.05) is 12.5 Å². The van der Waals surface area contributed by atoms with Crippen molar-refractivity contribution in [1.29, 1.82) is 0 Å². The molecule has 0 N–H and O–H groups in total. The van der Waals surface area contributed by atoms with Gasteiger partial charge < -0.3 is 0 Å². The molecule has 0 aliphatic heterocycles. The van der Waals surface area contributed by atoms with Crippen LogP contribution in [0.3, 0.4) is 0 Å². The SMILES string of the molecule is C=N/C(C)=C(\C)CC. The average Bonchev–Trinajstić information content (AvgIpc) is 1.84. The molecular weight excluding hydrogens is 98.1 g/mol. The lowest BCUT2D eigenvalue weighted by atomic mass is 10.2. The Bertz CT molecular complexity index is 112. The number of allylic oxidation sites excluding steroid dienone is 2. The second-order valence-electron chi connectivity index (χ2n) is 1.88. The van der Waals surface area contributed by atoms with Crippen LogP contribution in [-0.4, -0.2) is 6.72 Å². The largest absolute Gasteiger partial charge is 0.269 e. The minimum absolute atomic E-state index is 1.06. The standard InChI is InChI=1S/C7H13N/c1-5-6(2)7(3)8-4/h4-5H2,1-3H3/b7-6+. The fourth-order valence-electron chi connectivity index (χ4n) is 0.391. The van der Waals surface area contributed by atoms with Crippen LogP contribution in [0.1, 0.15) is 27.2 Å². The minimum Gasteiger partial charge on any atom is -0.269 e. The molecule has 0 saturated carbocycles. The smallest absolute Gasteiger partial charge is 0.0354 e. The third-order valence-electron chi connectivity index (χ3n) is 1.39. The predicted octanol–water partition coefficient (Wildman–Crippen LogP) is 2.39. The maximum absolute atomic E-state index is 3.79. The number of hydrogen-bond acceptors (Lipinski definition) is 1. The van der Waals surface area contributed by atoms with Crippen molar-refractivity contribution in [2.24, 2.45) is 4.99 Å². The average molecular weight is 111 g/mol. The topological polar surface area (TPSA) is 12.4 Å². The van der Waals surface area contributed by atoms with E-state index in [1.54, 1.807) is 0 Å². The van der Waals surface area contributed by atoms with Gasteiger partial charge >= 0.3 is 0 Å². The molecule has 0 saturated heterocycles. The molecule has 0 aliphatic rings. The quantitative estimate of drug-likeness (QED) is 0.485. The van der Waals surface area contributed by atoms with Gasteiger partial charge in [-0.05, 0) is 27.0 Å². The van der Waals surface area contributed by atoms with Crippen molar-refractivity contribution in [3.8, 4) is 0 Å². The number of nitrogens with zero attached hydrogens (tertiary/aromatic N) is 1. The van der Waals surface area contributed by atoms with Gasteiger partial charge in [0.15, 0.2) is 0 Å². The molecule has 0 aromatic heterocycles. The van der Waals surface area contributed by atoms with Crippen LogP contribution in [-0.2, 0) is 0 Å². The third-order valence-corrected chi connectivity index (χ3v) is 1.39. The fraction of sp³-hybridized carbons (Fsp3) is 0.571. The van der Waals surface area contributed by atoms with Crippen LogP contribution in [0.5, 0.6) is 0 Å². The van der Waals surface area contributed by atoms with Crippen molar-refractivity contribution < 1.29 is 0 Å². The van der Waals surface area contributed by atoms with E-state index >= 15 is 0 Å². The summed E-state index contributed by atoms with van der Waals surface area (Å²) >= 11 is 0. The molecule has 0 atom stereocenters. The molecule has 46 valence electrons. The first-order valence-corrected chi connectivity index (χ1v) is 2.85. The zero-order valence-electron chi connectivity index (χ0n) is 5.86. The second-order valence-corrected chi connectivity index (χ2v) is 1.88. The molecule has 0 unspecified atom stereocenters. The van der Waals surface area contributed by atoms with Crippen LogP contribution in [0.4, 0.5) is 0 Å². The molecule has 0 spiro atoms. The van der Waals surface area contributed by atoms with Crippen molar-refractivity contribution in [3.05, 3.63) is 11.3 Å². The lowest BCUT2D eigenvalue weighted by molar-refractivity contribution is 1.04. The highest BCUT2D eigenvalue weighted by molar-refractivity contribution is 5.29. The Balaban J connectivity index is 4.03. The Labute approximate surface area is 51.1 Å².